The van der Waals surface area contributed by atoms with Gasteiger partial charge in [-0.1, -0.05) is 60.7 Å². The molecule has 3 heterocycles. The van der Waals surface area contributed by atoms with Crippen molar-refractivity contribution in [2.75, 3.05) is 13.1 Å². The summed E-state index contributed by atoms with van der Waals surface area (Å²) in [7, 11) is -3.96. The summed E-state index contributed by atoms with van der Waals surface area (Å²) in [6, 6.07) is 22.7. The Kier molecular flexibility index (Phi) is 8.46. The van der Waals surface area contributed by atoms with Gasteiger partial charge in [-0.2, -0.15) is 4.31 Å². The normalized spacial score (nSPS) is 17.0. The predicted molar refractivity (Wildman–Crippen MR) is 152 cm³/mol. The van der Waals surface area contributed by atoms with Crippen molar-refractivity contribution >= 4 is 38.5 Å². The van der Waals surface area contributed by atoms with Crippen molar-refractivity contribution in [1.82, 2.24) is 24.9 Å². The first-order valence-electron chi connectivity index (χ1n) is 13.3. The molecular weight excluding hydrogens is 542 g/mol. The second-order valence-corrected chi connectivity index (χ2v) is 11.7. The van der Waals surface area contributed by atoms with E-state index in [1.807, 2.05) is 48.5 Å². The number of aromatic nitrogens is 2. The molecule has 210 valence electrons. The molecular formula is C30H29N5O5S. The van der Waals surface area contributed by atoms with Crippen LogP contribution >= 0.6 is 0 Å². The van der Waals surface area contributed by atoms with Gasteiger partial charge in [0, 0.05) is 24.5 Å². The molecule has 2 aromatic heterocycles. The van der Waals surface area contributed by atoms with Crippen LogP contribution in [-0.4, -0.2) is 65.5 Å². The molecule has 5 rings (SSSR count). The van der Waals surface area contributed by atoms with Crippen LogP contribution in [-0.2, 0) is 26.0 Å². The lowest BCUT2D eigenvalue weighted by Crippen LogP contribution is -2.53. The molecule has 0 aliphatic carbocycles. The predicted octanol–water partition coefficient (Wildman–Crippen LogP) is 2.51. The Morgan fingerprint density at radius 1 is 0.951 bits per heavy atom. The zero-order chi connectivity index (χ0) is 28.8. The first-order chi connectivity index (χ1) is 19.8. The minimum atomic E-state index is -3.96. The van der Waals surface area contributed by atoms with Gasteiger partial charge in [-0.15, -0.1) is 0 Å². The monoisotopic (exact) mass is 571 g/mol. The number of carbonyl (C=O) groups excluding carboxylic acids is 3. The molecule has 0 radical (unpaired) electrons. The van der Waals surface area contributed by atoms with E-state index in [9.17, 15) is 22.8 Å². The van der Waals surface area contributed by atoms with Crippen molar-refractivity contribution in [2.45, 2.75) is 36.4 Å². The van der Waals surface area contributed by atoms with E-state index in [1.165, 1.54) is 12.3 Å². The number of amides is 2. The highest BCUT2D eigenvalue weighted by Gasteiger charge is 2.34. The molecule has 10 nitrogen and oxygen atoms in total. The minimum Gasteiger partial charge on any atom is -0.344 e. The van der Waals surface area contributed by atoms with Crippen LogP contribution in [0.4, 0.5) is 0 Å². The van der Waals surface area contributed by atoms with E-state index in [2.05, 4.69) is 20.6 Å². The molecule has 11 heteroatoms. The number of ketones is 1. The largest absolute Gasteiger partial charge is 0.344 e. The molecule has 0 spiro atoms. The van der Waals surface area contributed by atoms with Crippen LogP contribution in [0.5, 0.6) is 0 Å². The van der Waals surface area contributed by atoms with Gasteiger partial charge in [-0.05, 0) is 42.7 Å². The van der Waals surface area contributed by atoms with Crippen LogP contribution in [0.2, 0.25) is 0 Å². The summed E-state index contributed by atoms with van der Waals surface area (Å²) in [4.78, 5) is 48.2. The van der Waals surface area contributed by atoms with Crippen molar-refractivity contribution in [1.29, 1.82) is 0 Å². The van der Waals surface area contributed by atoms with Crippen LogP contribution in [0.25, 0.3) is 10.9 Å². The summed E-state index contributed by atoms with van der Waals surface area (Å²) in [6.45, 7) is -0.268. The number of sulfonamides is 1. The van der Waals surface area contributed by atoms with Crippen molar-refractivity contribution in [3.8, 4) is 0 Å². The van der Waals surface area contributed by atoms with E-state index in [0.717, 1.165) is 15.3 Å². The maximum absolute atomic E-state index is 13.5. The fraction of sp³-hybridized carbons (Fsp3) is 0.233. The van der Waals surface area contributed by atoms with Crippen LogP contribution in [0.15, 0.2) is 96.2 Å². The number of carbonyl (C=O) groups is 3. The SMILES string of the molecule is O=C(NC(Cc1ccccc1)C(=O)NC1CCCN(S(=O)(=O)c2ccccn2)CC1=O)c1ccc2ccccc2n1. The zero-order valence-corrected chi connectivity index (χ0v) is 23.0. The van der Waals surface area contributed by atoms with E-state index in [1.54, 1.807) is 30.3 Å². The maximum atomic E-state index is 13.5. The lowest BCUT2D eigenvalue weighted by atomic mass is 10.0. The maximum Gasteiger partial charge on any atom is 0.270 e. The number of nitrogens with one attached hydrogen (secondary N) is 2. The van der Waals surface area contributed by atoms with Crippen molar-refractivity contribution < 1.29 is 22.8 Å². The second kappa shape index (κ2) is 12.4. The fourth-order valence-corrected chi connectivity index (χ4v) is 6.12. The van der Waals surface area contributed by atoms with E-state index in [-0.39, 0.29) is 36.7 Å². The molecule has 2 N–H and O–H groups in total. The number of rotatable bonds is 8. The van der Waals surface area contributed by atoms with Crippen LogP contribution < -0.4 is 10.6 Å². The van der Waals surface area contributed by atoms with Gasteiger partial charge < -0.3 is 10.6 Å². The number of pyridine rings is 2. The molecule has 4 aromatic rings. The molecule has 1 aliphatic rings. The zero-order valence-electron chi connectivity index (χ0n) is 22.1. The lowest BCUT2D eigenvalue weighted by molar-refractivity contribution is -0.128. The van der Waals surface area contributed by atoms with E-state index < -0.39 is 39.7 Å². The van der Waals surface area contributed by atoms with E-state index in [4.69, 9.17) is 0 Å². The average Bonchev–Trinajstić information content (AvgIpc) is 3.18. The highest BCUT2D eigenvalue weighted by molar-refractivity contribution is 7.89. The Hall–Kier alpha value is -4.48. The molecule has 1 saturated heterocycles. The summed E-state index contributed by atoms with van der Waals surface area (Å²) in [5, 5.41) is 6.30. The topological polar surface area (TPSA) is 138 Å². The second-order valence-electron chi connectivity index (χ2n) is 9.78. The lowest BCUT2D eigenvalue weighted by Gasteiger charge is -2.22. The number of hydrogen-bond donors (Lipinski definition) is 2. The van der Waals surface area contributed by atoms with Gasteiger partial charge in [0.15, 0.2) is 10.8 Å². The van der Waals surface area contributed by atoms with Crippen LogP contribution in [0.1, 0.15) is 28.9 Å². The summed E-state index contributed by atoms with van der Waals surface area (Å²) in [5.41, 5.74) is 1.63. The first kappa shape index (κ1) is 28.1. The van der Waals surface area contributed by atoms with Crippen molar-refractivity contribution in [2.24, 2.45) is 0 Å². The number of nitrogens with zero attached hydrogens (tertiary/aromatic N) is 3. The molecule has 41 heavy (non-hydrogen) atoms. The molecule has 0 bridgehead atoms. The Morgan fingerprint density at radius 2 is 1.71 bits per heavy atom. The average molecular weight is 572 g/mol. The van der Waals surface area contributed by atoms with E-state index in [0.29, 0.717) is 11.9 Å². The van der Waals surface area contributed by atoms with Crippen LogP contribution in [0.3, 0.4) is 0 Å². The fourth-order valence-electron chi connectivity index (χ4n) is 4.74. The van der Waals surface area contributed by atoms with Gasteiger partial charge in [0.1, 0.15) is 11.7 Å². The number of Topliss-reactive ketones (excluding diaryl/α,β-unsaturated/α-hetero) is 1. The Balaban J connectivity index is 1.31. The van der Waals surface area contributed by atoms with Crippen molar-refractivity contribution in [3.05, 3.63) is 102 Å². The van der Waals surface area contributed by atoms with Gasteiger partial charge in [0.05, 0.1) is 18.1 Å². The molecule has 2 unspecified atom stereocenters. The quantitative estimate of drug-likeness (QED) is 0.331. The molecule has 1 fully saturated rings. The van der Waals surface area contributed by atoms with Gasteiger partial charge in [0.2, 0.25) is 5.91 Å². The van der Waals surface area contributed by atoms with Crippen molar-refractivity contribution in [3.63, 3.8) is 0 Å². The number of hydrogen-bond acceptors (Lipinski definition) is 7. The Labute approximate surface area is 237 Å². The summed E-state index contributed by atoms with van der Waals surface area (Å²) >= 11 is 0. The summed E-state index contributed by atoms with van der Waals surface area (Å²) in [5.74, 6) is -1.50. The first-order valence-corrected chi connectivity index (χ1v) is 14.7. The molecule has 2 amide bonds. The van der Waals surface area contributed by atoms with Gasteiger partial charge in [-0.25, -0.2) is 18.4 Å². The number of benzene rings is 2. The standard InChI is InChI=1S/C30H29N5O5S/c36-27-20-35(41(39,40)28-14-6-7-17-31-28)18-8-13-24(27)33-30(38)26(19-21-9-2-1-3-10-21)34-29(37)25-16-15-22-11-4-5-12-23(22)32-25/h1-7,9-12,14-17,24,26H,8,13,18-20H2,(H,33,38)(H,34,37). The highest BCUT2D eigenvalue weighted by Crippen LogP contribution is 2.18. The molecule has 2 aromatic carbocycles. The van der Waals surface area contributed by atoms with Gasteiger partial charge >= 0.3 is 0 Å². The number of para-hydroxylation sites is 1. The Bertz CT molecular complexity index is 1660. The summed E-state index contributed by atoms with van der Waals surface area (Å²) < 4.78 is 27.2. The molecule has 2 atom stereocenters. The number of fused-ring (bicyclic) bond motifs is 1. The highest BCUT2D eigenvalue weighted by atomic mass is 32.2. The Morgan fingerprint density at radius 3 is 2.49 bits per heavy atom. The van der Waals surface area contributed by atoms with Gasteiger partial charge in [-0.3, -0.25) is 14.4 Å². The van der Waals surface area contributed by atoms with E-state index >= 15 is 0 Å². The van der Waals surface area contributed by atoms with Gasteiger partial charge in [0.25, 0.3) is 15.9 Å². The minimum absolute atomic E-state index is 0.120. The molecule has 0 saturated carbocycles. The molecule has 1 aliphatic heterocycles. The third-order valence-corrected chi connectivity index (χ3v) is 8.68. The third-order valence-electron chi connectivity index (χ3n) is 6.92. The third kappa shape index (κ3) is 6.64. The smallest absolute Gasteiger partial charge is 0.270 e. The van der Waals surface area contributed by atoms with Crippen LogP contribution in [0, 0.1) is 0 Å². The summed E-state index contributed by atoms with van der Waals surface area (Å²) in [6.07, 6.45) is 2.19.